The smallest absolute Gasteiger partial charge is 0.214 e. The van der Waals surface area contributed by atoms with Crippen molar-refractivity contribution in [2.45, 2.75) is 11.8 Å². The molecule has 0 radical (unpaired) electrons. The highest BCUT2D eigenvalue weighted by atomic mass is 32.2. The Bertz CT molecular complexity index is 633. The second kappa shape index (κ2) is 3.88. The highest BCUT2D eigenvalue weighted by molar-refractivity contribution is 7.89. The van der Waals surface area contributed by atoms with E-state index in [1.807, 2.05) is 31.2 Å². The Balaban J connectivity index is 2.66. The summed E-state index contributed by atoms with van der Waals surface area (Å²) in [7, 11) is -1.94. The number of fused-ring (bicyclic) bond motifs is 1. The normalized spacial score (nSPS) is 11.9. The third kappa shape index (κ3) is 1.94. The Morgan fingerprint density at radius 1 is 1.00 bits per heavy atom. The quantitative estimate of drug-likeness (QED) is 0.866. The first kappa shape index (κ1) is 11.1. The summed E-state index contributed by atoms with van der Waals surface area (Å²) in [6.07, 6.45) is 0. The Kier molecular flexibility index (Phi) is 2.69. The summed E-state index contributed by atoms with van der Waals surface area (Å²) in [5, 5.41) is 1.98. The predicted molar refractivity (Wildman–Crippen MR) is 64.9 cm³/mol. The SMILES string of the molecule is CNS(=O)(=O)c1ccc2cc(C)ccc2c1. The van der Waals surface area contributed by atoms with Gasteiger partial charge in [-0.1, -0.05) is 29.8 Å². The highest BCUT2D eigenvalue weighted by Gasteiger charge is 2.11. The molecule has 84 valence electrons. The third-order valence-electron chi connectivity index (χ3n) is 2.55. The molecule has 0 saturated heterocycles. The number of nitrogens with one attached hydrogen (secondary N) is 1. The zero-order valence-corrected chi connectivity index (χ0v) is 10.0. The molecule has 0 amide bonds. The van der Waals surface area contributed by atoms with Crippen LogP contribution in [0.3, 0.4) is 0 Å². The molecule has 2 aromatic rings. The van der Waals surface area contributed by atoms with E-state index in [2.05, 4.69) is 4.72 Å². The predicted octanol–water partition coefficient (Wildman–Crippen LogP) is 2.06. The number of aryl methyl sites for hydroxylation is 1. The number of benzene rings is 2. The molecule has 16 heavy (non-hydrogen) atoms. The van der Waals surface area contributed by atoms with Gasteiger partial charge in [-0.3, -0.25) is 0 Å². The first-order valence-electron chi connectivity index (χ1n) is 4.97. The molecule has 0 atom stereocenters. The lowest BCUT2D eigenvalue weighted by molar-refractivity contribution is 0.588. The van der Waals surface area contributed by atoms with Crippen molar-refractivity contribution in [2.24, 2.45) is 0 Å². The molecule has 1 N–H and O–H groups in total. The van der Waals surface area contributed by atoms with Crippen LogP contribution in [0.15, 0.2) is 41.3 Å². The standard InChI is InChI=1S/C12H13NO2S/c1-9-3-4-11-8-12(16(14,15)13-2)6-5-10(11)7-9/h3-8,13H,1-2H3. The first-order valence-corrected chi connectivity index (χ1v) is 6.45. The second-order valence-electron chi connectivity index (χ2n) is 3.72. The number of hydrogen-bond donors (Lipinski definition) is 1. The Morgan fingerprint density at radius 2 is 1.62 bits per heavy atom. The number of sulfonamides is 1. The Hall–Kier alpha value is -1.39. The van der Waals surface area contributed by atoms with Crippen molar-refractivity contribution in [1.82, 2.24) is 4.72 Å². The van der Waals surface area contributed by atoms with E-state index < -0.39 is 10.0 Å². The van der Waals surface area contributed by atoms with Crippen LogP contribution in [0.1, 0.15) is 5.56 Å². The number of hydrogen-bond acceptors (Lipinski definition) is 2. The van der Waals surface area contributed by atoms with Crippen LogP contribution in [-0.4, -0.2) is 15.5 Å². The molecular formula is C12H13NO2S. The third-order valence-corrected chi connectivity index (χ3v) is 3.96. The van der Waals surface area contributed by atoms with Crippen molar-refractivity contribution >= 4 is 20.8 Å². The average molecular weight is 235 g/mol. The largest absolute Gasteiger partial charge is 0.240 e. The molecule has 0 fully saturated rings. The maximum Gasteiger partial charge on any atom is 0.240 e. The summed E-state index contributed by atoms with van der Waals surface area (Å²) >= 11 is 0. The maximum absolute atomic E-state index is 11.6. The minimum atomic E-state index is -3.35. The Morgan fingerprint density at radius 3 is 2.31 bits per heavy atom. The lowest BCUT2D eigenvalue weighted by Crippen LogP contribution is -2.18. The van der Waals surface area contributed by atoms with Gasteiger partial charge in [0.25, 0.3) is 0 Å². The van der Waals surface area contributed by atoms with Crippen LogP contribution in [0, 0.1) is 6.92 Å². The van der Waals surface area contributed by atoms with Crippen molar-refractivity contribution in [2.75, 3.05) is 7.05 Å². The van der Waals surface area contributed by atoms with Gasteiger partial charge < -0.3 is 0 Å². The summed E-state index contributed by atoms with van der Waals surface area (Å²) in [4.78, 5) is 0.298. The van der Waals surface area contributed by atoms with E-state index >= 15 is 0 Å². The maximum atomic E-state index is 11.6. The average Bonchev–Trinajstić information content (AvgIpc) is 2.28. The van der Waals surface area contributed by atoms with Gasteiger partial charge in [0.05, 0.1) is 4.90 Å². The van der Waals surface area contributed by atoms with Crippen LogP contribution >= 0.6 is 0 Å². The molecule has 0 aliphatic carbocycles. The molecule has 0 heterocycles. The fourth-order valence-corrected chi connectivity index (χ4v) is 2.39. The van der Waals surface area contributed by atoms with E-state index in [9.17, 15) is 8.42 Å². The van der Waals surface area contributed by atoms with Crippen molar-refractivity contribution in [3.05, 3.63) is 42.0 Å². The molecular weight excluding hydrogens is 222 g/mol. The zero-order valence-electron chi connectivity index (χ0n) is 9.19. The van der Waals surface area contributed by atoms with Gasteiger partial charge in [-0.25, -0.2) is 13.1 Å². The monoisotopic (exact) mass is 235 g/mol. The van der Waals surface area contributed by atoms with Gasteiger partial charge >= 0.3 is 0 Å². The first-order chi connectivity index (χ1) is 7.53. The molecule has 0 aliphatic rings. The van der Waals surface area contributed by atoms with Crippen LogP contribution in [-0.2, 0) is 10.0 Å². The van der Waals surface area contributed by atoms with Gasteiger partial charge in [-0.2, -0.15) is 0 Å². The minimum absolute atomic E-state index is 0.298. The molecule has 4 heteroatoms. The van der Waals surface area contributed by atoms with Gasteiger partial charge in [0.15, 0.2) is 0 Å². The summed E-state index contributed by atoms with van der Waals surface area (Å²) in [5.74, 6) is 0. The molecule has 2 rings (SSSR count). The van der Waals surface area contributed by atoms with Crippen molar-refractivity contribution in [3.63, 3.8) is 0 Å². The highest BCUT2D eigenvalue weighted by Crippen LogP contribution is 2.20. The van der Waals surface area contributed by atoms with E-state index in [-0.39, 0.29) is 0 Å². The van der Waals surface area contributed by atoms with Crippen molar-refractivity contribution in [1.29, 1.82) is 0 Å². The molecule has 0 bridgehead atoms. The van der Waals surface area contributed by atoms with Gasteiger partial charge in [-0.05, 0) is 36.9 Å². The fourth-order valence-electron chi connectivity index (χ4n) is 1.63. The van der Waals surface area contributed by atoms with Crippen molar-refractivity contribution < 1.29 is 8.42 Å². The van der Waals surface area contributed by atoms with Crippen LogP contribution in [0.2, 0.25) is 0 Å². The topological polar surface area (TPSA) is 46.2 Å². The van der Waals surface area contributed by atoms with E-state index in [0.29, 0.717) is 4.90 Å². The lowest BCUT2D eigenvalue weighted by Gasteiger charge is -2.04. The summed E-state index contributed by atoms with van der Waals surface area (Å²) in [5.41, 5.74) is 1.16. The van der Waals surface area contributed by atoms with Gasteiger partial charge in [0.1, 0.15) is 0 Å². The van der Waals surface area contributed by atoms with Crippen molar-refractivity contribution in [3.8, 4) is 0 Å². The molecule has 0 saturated carbocycles. The summed E-state index contributed by atoms with van der Waals surface area (Å²) in [6, 6.07) is 11.1. The van der Waals surface area contributed by atoms with Crippen LogP contribution in [0.4, 0.5) is 0 Å². The number of rotatable bonds is 2. The fraction of sp³-hybridized carbons (Fsp3) is 0.167. The zero-order chi connectivity index (χ0) is 11.8. The van der Waals surface area contributed by atoms with E-state index in [1.165, 1.54) is 7.05 Å². The van der Waals surface area contributed by atoms with Gasteiger partial charge in [0, 0.05) is 0 Å². The van der Waals surface area contributed by atoms with E-state index in [4.69, 9.17) is 0 Å². The molecule has 2 aromatic carbocycles. The summed E-state index contributed by atoms with van der Waals surface area (Å²) in [6.45, 7) is 2.01. The molecule has 0 spiro atoms. The van der Waals surface area contributed by atoms with E-state index in [1.54, 1.807) is 12.1 Å². The molecule has 0 aliphatic heterocycles. The van der Waals surface area contributed by atoms with Crippen LogP contribution in [0.25, 0.3) is 10.8 Å². The molecule has 3 nitrogen and oxygen atoms in total. The van der Waals surface area contributed by atoms with Gasteiger partial charge in [-0.15, -0.1) is 0 Å². The lowest BCUT2D eigenvalue weighted by atomic mass is 10.1. The molecule has 0 aromatic heterocycles. The summed E-state index contributed by atoms with van der Waals surface area (Å²) < 4.78 is 25.5. The van der Waals surface area contributed by atoms with E-state index in [0.717, 1.165) is 16.3 Å². The van der Waals surface area contributed by atoms with Gasteiger partial charge in [0.2, 0.25) is 10.0 Å². The minimum Gasteiger partial charge on any atom is -0.214 e. The van der Waals surface area contributed by atoms with Crippen LogP contribution in [0.5, 0.6) is 0 Å². The van der Waals surface area contributed by atoms with Crippen LogP contribution < -0.4 is 4.72 Å². The Labute approximate surface area is 95.2 Å². The second-order valence-corrected chi connectivity index (χ2v) is 5.61. The molecule has 0 unspecified atom stereocenters.